The maximum atomic E-state index is 6.21. The molecule has 2 rings (SSSR count). The first-order chi connectivity index (χ1) is 8.22. The van der Waals surface area contributed by atoms with E-state index in [1.165, 1.54) is 11.3 Å². The number of methoxy groups -OCH3 is 1. The molecular weight excluding hydrogens is 212 g/mol. The van der Waals surface area contributed by atoms with Gasteiger partial charge in [-0.2, -0.15) is 0 Å². The Morgan fingerprint density at radius 2 is 2.24 bits per heavy atom. The van der Waals surface area contributed by atoms with Gasteiger partial charge in [0.2, 0.25) is 0 Å². The van der Waals surface area contributed by atoms with Crippen molar-refractivity contribution in [3.8, 4) is 0 Å². The van der Waals surface area contributed by atoms with Crippen LogP contribution in [0.2, 0.25) is 0 Å². The molecule has 0 saturated heterocycles. The van der Waals surface area contributed by atoms with Gasteiger partial charge in [-0.05, 0) is 31.4 Å². The largest absolute Gasteiger partial charge is 0.380 e. The summed E-state index contributed by atoms with van der Waals surface area (Å²) in [6.45, 7) is 4.10. The highest BCUT2D eigenvalue weighted by Crippen LogP contribution is 2.31. The van der Waals surface area contributed by atoms with Gasteiger partial charge in [-0.15, -0.1) is 0 Å². The maximum absolute atomic E-state index is 6.21. The van der Waals surface area contributed by atoms with Gasteiger partial charge in [0.05, 0.1) is 6.10 Å². The molecule has 3 heteroatoms. The fraction of sp³-hybridized carbons (Fsp3) is 0.571. The van der Waals surface area contributed by atoms with Crippen LogP contribution in [0.3, 0.4) is 0 Å². The van der Waals surface area contributed by atoms with E-state index in [0.29, 0.717) is 0 Å². The number of fused-ring (bicyclic) bond motifs is 1. The van der Waals surface area contributed by atoms with Crippen LogP contribution in [0.25, 0.3) is 0 Å². The van der Waals surface area contributed by atoms with Gasteiger partial charge in [0.15, 0.2) is 0 Å². The normalized spacial score (nSPS) is 21.8. The van der Waals surface area contributed by atoms with Crippen LogP contribution in [0.1, 0.15) is 31.4 Å². The van der Waals surface area contributed by atoms with E-state index in [1.807, 2.05) is 0 Å². The van der Waals surface area contributed by atoms with Crippen LogP contribution in [0.5, 0.6) is 0 Å². The SMILES string of the molecule is COC(C)CN1CCCC(N)c2ccccc21. The lowest BCUT2D eigenvalue weighted by Gasteiger charge is -2.27. The number of para-hydroxylation sites is 1. The number of rotatable bonds is 3. The lowest BCUT2D eigenvalue weighted by molar-refractivity contribution is 0.123. The summed E-state index contributed by atoms with van der Waals surface area (Å²) in [4.78, 5) is 2.40. The van der Waals surface area contributed by atoms with Crippen molar-refractivity contribution in [3.63, 3.8) is 0 Å². The summed E-state index contributed by atoms with van der Waals surface area (Å²) >= 11 is 0. The van der Waals surface area contributed by atoms with Crippen LogP contribution in [-0.2, 0) is 4.74 Å². The monoisotopic (exact) mass is 234 g/mol. The van der Waals surface area contributed by atoms with Crippen molar-refractivity contribution >= 4 is 5.69 Å². The first kappa shape index (κ1) is 12.4. The third-order valence-electron chi connectivity index (χ3n) is 3.50. The number of anilines is 1. The van der Waals surface area contributed by atoms with Crippen LogP contribution < -0.4 is 10.6 Å². The molecule has 3 nitrogen and oxygen atoms in total. The Labute approximate surface area is 104 Å². The summed E-state index contributed by atoms with van der Waals surface area (Å²) in [5, 5.41) is 0. The molecule has 1 aliphatic rings. The topological polar surface area (TPSA) is 38.5 Å². The highest BCUT2D eigenvalue weighted by molar-refractivity contribution is 5.55. The Balaban J connectivity index is 2.25. The predicted octanol–water partition coefficient (Wildman–Crippen LogP) is 2.32. The van der Waals surface area contributed by atoms with Crippen molar-refractivity contribution in [2.45, 2.75) is 31.9 Å². The van der Waals surface area contributed by atoms with Crippen molar-refractivity contribution in [2.24, 2.45) is 5.73 Å². The smallest absolute Gasteiger partial charge is 0.0718 e. The second kappa shape index (κ2) is 5.52. The molecule has 1 heterocycles. The van der Waals surface area contributed by atoms with E-state index in [4.69, 9.17) is 10.5 Å². The highest BCUT2D eigenvalue weighted by Gasteiger charge is 2.20. The van der Waals surface area contributed by atoms with Crippen LogP contribution in [0.15, 0.2) is 24.3 Å². The van der Waals surface area contributed by atoms with E-state index in [-0.39, 0.29) is 12.1 Å². The molecule has 0 radical (unpaired) electrons. The van der Waals surface area contributed by atoms with Gasteiger partial charge in [0.1, 0.15) is 0 Å². The van der Waals surface area contributed by atoms with Crippen LogP contribution >= 0.6 is 0 Å². The molecule has 0 bridgehead atoms. The molecule has 2 N–H and O–H groups in total. The lowest BCUT2D eigenvalue weighted by atomic mass is 10.0. The number of benzene rings is 1. The molecular formula is C14H22N2O. The van der Waals surface area contributed by atoms with Crippen LogP contribution in [-0.4, -0.2) is 26.3 Å². The van der Waals surface area contributed by atoms with Gasteiger partial charge in [0.25, 0.3) is 0 Å². The molecule has 0 fully saturated rings. The van der Waals surface area contributed by atoms with Gasteiger partial charge in [-0.25, -0.2) is 0 Å². The van der Waals surface area contributed by atoms with Crippen molar-refractivity contribution in [1.82, 2.24) is 0 Å². The minimum absolute atomic E-state index is 0.175. The quantitative estimate of drug-likeness (QED) is 0.872. The third kappa shape index (κ3) is 2.79. The van der Waals surface area contributed by atoms with Crippen molar-refractivity contribution in [3.05, 3.63) is 29.8 Å². The number of ether oxygens (including phenoxy) is 1. The van der Waals surface area contributed by atoms with Gasteiger partial charge in [0, 0.05) is 31.9 Å². The standard InChI is InChI=1S/C14H22N2O/c1-11(17-2)10-16-9-5-7-13(15)12-6-3-4-8-14(12)16/h3-4,6,8,11,13H,5,7,9-10,15H2,1-2H3. The summed E-state index contributed by atoms with van der Waals surface area (Å²) in [6, 6.07) is 8.65. The average molecular weight is 234 g/mol. The number of hydrogen-bond acceptors (Lipinski definition) is 3. The Bertz CT molecular complexity index is 367. The van der Waals surface area contributed by atoms with Crippen LogP contribution in [0.4, 0.5) is 5.69 Å². The summed E-state index contributed by atoms with van der Waals surface area (Å²) in [6.07, 6.45) is 2.46. The van der Waals surface area contributed by atoms with Gasteiger partial charge in [-0.1, -0.05) is 18.2 Å². The van der Waals surface area contributed by atoms with Crippen molar-refractivity contribution < 1.29 is 4.74 Å². The third-order valence-corrected chi connectivity index (χ3v) is 3.50. The molecule has 94 valence electrons. The van der Waals surface area contributed by atoms with Crippen molar-refractivity contribution in [2.75, 3.05) is 25.1 Å². The summed E-state index contributed by atoms with van der Waals surface area (Å²) in [5.41, 5.74) is 8.76. The summed E-state index contributed by atoms with van der Waals surface area (Å²) in [5.74, 6) is 0. The molecule has 0 spiro atoms. The minimum Gasteiger partial charge on any atom is -0.380 e. The van der Waals surface area contributed by atoms with Crippen LogP contribution in [0, 0.1) is 0 Å². The molecule has 2 atom stereocenters. The molecule has 2 unspecified atom stereocenters. The van der Waals surface area contributed by atoms with Gasteiger partial charge >= 0.3 is 0 Å². The summed E-state index contributed by atoms with van der Waals surface area (Å²) < 4.78 is 5.36. The minimum atomic E-state index is 0.175. The van der Waals surface area contributed by atoms with E-state index >= 15 is 0 Å². The van der Waals surface area contributed by atoms with E-state index in [0.717, 1.165) is 25.9 Å². The van der Waals surface area contributed by atoms with Gasteiger partial charge in [-0.3, -0.25) is 0 Å². The Kier molecular flexibility index (Phi) is 4.02. The molecule has 0 aromatic heterocycles. The van der Waals surface area contributed by atoms with E-state index in [1.54, 1.807) is 7.11 Å². The molecule has 0 amide bonds. The molecule has 1 aromatic carbocycles. The average Bonchev–Trinajstić information content (AvgIpc) is 2.51. The molecule has 0 aliphatic carbocycles. The lowest BCUT2D eigenvalue weighted by Crippen LogP contribution is -2.32. The second-order valence-electron chi connectivity index (χ2n) is 4.80. The molecule has 1 aromatic rings. The number of nitrogens with zero attached hydrogens (tertiary/aromatic N) is 1. The van der Waals surface area contributed by atoms with E-state index in [9.17, 15) is 0 Å². The van der Waals surface area contributed by atoms with Gasteiger partial charge < -0.3 is 15.4 Å². The Hall–Kier alpha value is -1.06. The van der Waals surface area contributed by atoms with E-state index < -0.39 is 0 Å². The predicted molar refractivity (Wildman–Crippen MR) is 71.3 cm³/mol. The van der Waals surface area contributed by atoms with E-state index in [2.05, 4.69) is 36.1 Å². The number of hydrogen-bond donors (Lipinski definition) is 1. The highest BCUT2D eigenvalue weighted by atomic mass is 16.5. The molecule has 0 saturated carbocycles. The zero-order valence-corrected chi connectivity index (χ0v) is 10.7. The maximum Gasteiger partial charge on any atom is 0.0718 e. The second-order valence-corrected chi connectivity index (χ2v) is 4.80. The first-order valence-electron chi connectivity index (χ1n) is 6.34. The molecule has 1 aliphatic heterocycles. The fourth-order valence-corrected chi connectivity index (χ4v) is 2.44. The zero-order chi connectivity index (χ0) is 12.3. The Morgan fingerprint density at radius 3 is 3.00 bits per heavy atom. The number of nitrogens with two attached hydrogens (primary N) is 1. The Morgan fingerprint density at radius 1 is 1.47 bits per heavy atom. The van der Waals surface area contributed by atoms with Crippen molar-refractivity contribution in [1.29, 1.82) is 0 Å². The fourth-order valence-electron chi connectivity index (χ4n) is 2.44. The first-order valence-corrected chi connectivity index (χ1v) is 6.34. The zero-order valence-electron chi connectivity index (χ0n) is 10.7. The summed E-state index contributed by atoms with van der Waals surface area (Å²) in [7, 11) is 1.76. The molecule has 17 heavy (non-hydrogen) atoms.